The first-order chi connectivity index (χ1) is 13.6. The summed E-state index contributed by atoms with van der Waals surface area (Å²) in [6.45, 7) is 10.3. The van der Waals surface area contributed by atoms with E-state index in [9.17, 15) is 5.11 Å². The van der Waals surface area contributed by atoms with Gasteiger partial charge in [-0.25, -0.2) is 0 Å². The molecule has 3 aliphatic rings. The van der Waals surface area contributed by atoms with Crippen LogP contribution >= 0.6 is 0 Å². The van der Waals surface area contributed by atoms with Gasteiger partial charge in [-0.05, 0) is 56.8 Å². The Bertz CT molecular complexity index is 396. The molecule has 28 heavy (non-hydrogen) atoms. The van der Waals surface area contributed by atoms with Gasteiger partial charge in [-0.2, -0.15) is 0 Å². The van der Waals surface area contributed by atoms with Crippen molar-refractivity contribution in [2.45, 2.75) is 110 Å². The van der Waals surface area contributed by atoms with Gasteiger partial charge < -0.3 is 19.3 Å². The Morgan fingerprint density at radius 2 is 1.68 bits per heavy atom. The molecule has 5 unspecified atom stereocenters. The predicted molar refractivity (Wildman–Crippen MR) is 114 cm³/mol. The fraction of sp³-hybridized carbons (Fsp3) is 1.00. The molecule has 2 aliphatic carbocycles. The largest absolute Gasteiger partial charge is 0.378 e. The topological polar surface area (TPSA) is 47.9 Å². The van der Waals surface area contributed by atoms with Crippen molar-refractivity contribution in [1.29, 1.82) is 0 Å². The summed E-state index contributed by atoms with van der Waals surface area (Å²) in [6, 6.07) is 0. The molecule has 2 saturated carbocycles. The van der Waals surface area contributed by atoms with Crippen LogP contribution in [0.15, 0.2) is 0 Å². The predicted octanol–water partition coefficient (Wildman–Crippen LogP) is 5.56. The van der Waals surface area contributed by atoms with Crippen LogP contribution in [0.1, 0.15) is 91.9 Å². The van der Waals surface area contributed by atoms with Gasteiger partial charge in [0, 0.05) is 5.92 Å². The van der Waals surface area contributed by atoms with E-state index in [0.717, 1.165) is 12.5 Å². The molecule has 0 spiro atoms. The lowest BCUT2D eigenvalue weighted by Crippen LogP contribution is -2.39. The summed E-state index contributed by atoms with van der Waals surface area (Å²) in [6.07, 6.45) is 12.7. The molecule has 0 radical (unpaired) electrons. The molecule has 166 valence electrons. The fourth-order valence-electron chi connectivity index (χ4n) is 5.45. The fourth-order valence-corrected chi connectivity index (χ4v) is 5.45. The first-order valence-corrected chi connectivity index (χ1v) is 12.2. The van der Waals surface area contributed by atoms with E-state index < -0.39 is 6.29 Å². The van der Waals surface area contributed by atoms with E-state index in [0.29, 0.717) is 37.3 Å². The zero-order chi connectivity index (χ0) is 20.4. The van der Waals surface area contributed by atoms with Crippen molar-refractivity contribution in [3.63, 3.8) is 0 Å². The SMILES string of the molecule is CC.CC(C(O)OCCOC1CCCCC1)C1CCCC2CC[C@H](C)OCC21. The van der Waals surface area contributed by atoms with E-state index in [2.05, 4.69) is 13.8 Å². The Balaban J connectivity index is 0.00000136. The Morgan fingerprint density at radius 3 is 2.43 bits per heavy atom. The van der Waals surface area contributed by atoms with Crippen molar-refractivity contribution >= 4 is 0 Å². The average molecular weight is 399 g/mol. The van der Waals surface area contributed by atoms with Crippen LogP contribution in [0.3, 0.4) is 0 Å². The van der Waals surface area contributed by atoms with Gasteiger partial charge in [-0.1, -0.05) is 52.9 Å². The van der Waals surface area contributed by atoms with Crippen molar-refractivity contribution in [3.8, 4) is 0 Å². The van der Waals surface area contributed by atoms with Crippen LogP contribution < -0.4 is 0 Å². The standard InChI is InChI=1S/C22H40O4.C2H6/c1-16-11-12-18-7-6-10-20(21(18)15-26-16)17(2)22(23)25-14-13-24-19-8-4-3-5-9-19;1-2/h16-23H,3-15H2,1-2H3;1-2H3/t16-,17?,18?,20?,21?,22?;/m0./s1. The average Bonchev–Trinajstić information content (AvgIpc) is 2.94. The monoisotopic (exact) mass is 398 g/mol. The normalized spacial score (nSPS) is 33.8. The highest BCUT2D eigenvalue weighted by Gasteiger charge is 2.40. The molecule has 1 saturated heterocycles. The number of hydrogen-bond donors (Lipinski definition) is 1. The van der Waals surface area contributed by atoms with Crippen LogP contribution in [0.25, 0.3) is 0 Å². The molecular formula is C24H46O4. The summed E-state index contributed by atoms with van der Waals surface area (Å²) >= 11 is 0. The molecule has 0 aromatic heterocycles. The highest BCUT2D eigenvalue weighted by atomic mass is 16.6. The molecule has 4 nitrogen and oxygen atoms in total. The Kier molecular flexibility index (Phi) is 11.4. The highest BCUT2D eigenvalue weighted by Crippen LogP contribution is 2.44. The third kappa shape index (κ3) is 7.27. The number of aliphatic hydroxyl groups is 1. The minimum absolute atomic E-state index is 0.162. The molecule has 3 rings (SSSR count). The third-order valence-electron chi connectivity index (χ3n) is 7.19. The highest BCUT2D eigenvalue weighted by molar-refractivity contribution is 4.87. The zero-order valence-electron chi connectivity index (χ0n) is 18.9. The minimum atomic E-state index is -0.686. The van der Waals surface area contributed by atoms with Crippen molar-refractivity contribution in [2.75, 3.05) is 19.8 Å². The maximum atomic E-state index is 10.6. The molecule has 0 aromatic rings. The number of ether oxygens (including phenoxy) is 3. The van der Waals surface area contributed by atoms with Gasteiger partial charge in [0.2, 0.25) is 0 Å². The molecule has 1 aliphatic heterocycles. The van der Waals surface area contributed by atoms with E-state index in [1.165, 1.54) is 64.2 Å². The van der Waals surface area contributed by atoms with Crippen LogP contribution in [0, 0.1) is 23.7 Å². The number of fused-ring (bicyclic) bond motifs is 1. The second-order valence-electron chi connectivity index (χ2n) is 8.99. The molecule has 0 aromatic carbocycles. The van der Waals surface area contributed by atoms with Gasteiger partial charge in [-0.15, -0.1) is 0 Å². The van der Waals surface area contributed by atoms with E-state index in [1.807, 2.05) is 13.8 Å². The molecule has 6 atom stereocenters. The number of hydrogen-bond acceptors (Lipinski definition) is 4. The summed E-state index contributed by atoms with van der Waals surface area (Å²) in [5.74, 6) is 2.02. The van der Waals surface area contributed by atoms with Crippen LogP contribution in [0.5, 0.6) is 0 Å². The molecule has 1 N–H and O–H groups in total. The maximum Gasteiger partial charge on any atom is 0.157 e. The third-order valence-corrected chi connectivity index (χ3v) is 7.19. The van der Waals surface area contributed by atoms with Crippen LogP contribution in [-0.4, -0.2) is 43.4 Å². The second-order valence-corrected chi connectivity index (χ2v) is 8.99. The first-order valence-electron chi connectivity index (χ1n) is 12.2. The van der Waals surface area contributed by atoms with Gasteiger partial charge in [0.05, 0.1) is 32.0 Å². The lowest BCUT2D eigenvalue weighted by atomic mass is 9.66. The molecule has 3 fully saturated rings. The summed E-state index contributed by atoms with van der Waals surface area (Å²) < 4.78 is 17.7. The smallest absolute Gasteiger partial charge is 0.157 e. The van der Waals surface area contributed by atoms with Gasteiger partial charge in [0.15, 0.2) is 6.29 Å². The second kappa shape index (κ2) is 13.2. The summed E-state index contributed by atoms with van der Waals surface area (Å²) in [7, 11) is 0. The summed E-state index contributed by atoms with van der Waals surface area (Å²) in [5.41, 5.74) is 0. The van der Waals surface area contributed by atoms with E-state index >= 15 is 0 Å². The van der Waals surface area contributed by atoms with Crippen LogP contribution in [0.2, 0.25) is 0 Å². The maximum absolute atomic E-state index is 10.6. The van der Waals surface area contributed by atoms with Gasteiger partial charge in [0.25, 0.3) is 0 Å². The van der Waals surface area contributed by atoms with Gasteiger partial charge in [-0.3, -0.25) is 0 Å². The lowest BCUT2D eigenvalue weighted by Gasteiger charge is -2.41. The van der Waals surface area contributed by atoms with Crippen LogP contribution in [0.4, 0.5) is 0 Å². The van der Waals surface area contributed by atoms with Crippen molar-refractivity contribution in [2.24, 2.45) is 23.7 Å². The zero-order valence-corrected chi connectivity index (χ0v) is 18.9. The van der Waals surface area contributed by atoms with Crippen molar-refractivity contribution in [1.82, 2.24) is 0 Å². The number of aliphatic hydroxyl groups excluding tert-OH is 1. The molecule has 0 bridgehead atoms. The first kappa shape index (κ1) is 24.1. The Labute approximate surface area is 173 Å². The van der Waals surface area contributed by atoms with Crippen LogP contribution in [-0.2, 0) is 14.2 Å². The van der Waals surface area contributed by atoms with Crippen molar-refractivity contribution in [3.05, 3.63) is 0 Å². The molecule has 0 amide bonds. The van der Waals surface area contributed by atoms with E-state index in [4.69, 9.17) is 14.2 Å². The Morgan fingerprint density at radius 1 is 0.929 bits per heavy atom. The number of rotatable bonds is 7. The van der Waals surface area contributed by atoms with E-state index in [1.54, 1.807) is 0 Å². The summed E-state index contributed by atoms with van der Waals surface area (Å²) in [4.78, 5) is 0. The molecule has 1 heterocycles. The van der Waals surface area contributed by atoms with Gasteiger partial charge in [0.1, 0.15) is 0 Å². The lowest BCUT2D eigenvalue weighted by molar-refractivity contribution is -0.166. The molecule has 4 heteroatoms. The Hall–Kier alpha value is -0.160. The minimum Gasteiger partial charge on any atom is -0.378 e. The molecular weight excluding hydrogens is 352 g/mol. The van der Waals surface area contributed by atoms with Gasteiger partial charge >= 0.3 is 0 Å². The van der Waals surface area contributed by atoms with Crippen molar-refractivity contribution < 1.29 is 19.3 Å². The van der Waals surface area contributed by atoms with E-state index in [-0.39, 0.29) is 5.92 Å². The quantitative estimate of drug-likeness (QED) is 0.450. The summed E-state index contributed by atoms with van der Waals surface area (Å²) in [5, 5.41) is 10.6.